The topological polar surface area (TPSA) is 75.6 Å². The molecule has 2 N–H and O–H groups in total. The lowest BCUT2D eigenvalue weighted by molar-refractivity contribution is -0.121. The predicted molar refractivity (Wildman–Crippen MR) is 81.9 cm³/mol. The smallest absolute Gasteiger partial charge is 0.426 e. The largest absolute Gasteiger partial charge is 0.478 e. The van der Waals surface area contributed by atoms with E-state index in [0.29, 0.717) is 12.8 Å². The Bertz CT molecular complexity index is 517. The summed E-state index contributed by atoms with van der Waals surface area (Å²) in [6.45, 7) is 1.48. The quantitative estimate of drug-likeness (QED) is 0.631. The van der Waals surface area contributed by atoms with Gasteiger partial charge in [0, 0.05) is 11.3 Å². The molecule has 1 amide bonds. The van der Waals surface area contributed by atoms with Gasteiger partial charge in [-0.1, -0.05) is 18.2 Å². The van der Waals surface area contributed by atoms with Crippen LogP contribution in [-0.2, 0) is 20.7 Å². The molecule has 1 aliphatic heterocycles. The molecule has 0 radical (unpaired) electrons. The van der Waals surface area contributed by atoms with Crippen LogP contribution in [-0.4, -0.2) is 35.9 Å². The Morgan fingerprint density at radius 3 is 3.05 bits per heavy atom. The number of nitrogens with one attached hydrogen (secondary N) is 1. The molecule has 0 bridgehead atoms. The highest BCUT2D eigenvalue weighted by Crippen LogP contribution is 2.14. The monoisotopic (exact) mass is 307 g/mol. The fourth-order valence-corrected chi connectivity index (χ4v) is 2.88. The number of hydrogen-bond donors (Lipinski definition) is 2. The molecule has 0 spiro atoms. The summed E-state index contributed by atoms with van der Waals surface area (Å²) in [6.07, 6.45) is 4.16. The fourth-order valence-electron chi connectivity index (χ4n) is 2.17. The molecule has 0 fully saturated rings. The Morgan fingerprint density at radius 1 is 1.57 bits per heavy atom. The van der Waals surface area contributed by atoms with Crippen LogP contribution in [0.25, 0.3) is 0 Å². The number of hydrogen-bond acceptors (Lipinski definition) is 5. The summed E-state index contributed by atoms with van der Waals surface area (Å²) in [7, 11) is -1.11. The Balaban J connectivity index is 1.87. The molecule has 1 aliphatic rings. The van der Waals surface area contributed by atoms with Crippen molar-refractivity contribution in [3.63, 3.8) is 0 Å². The molecule has 2 heterocycles. The van der Waals surface area contributed by atoms with Crippen LogP contribution >= 0.6 is 11.3 Å². The van der Waals surface area contributed by atoms with Crippen molar-refractivity contribution in [1.82, 2.24) is 5.32 Å². The van der Waals surface area contributed by atoms with Gasteiger partial charge in [0.05, 0.1) is 18.5 Å². The SMILES string of the molecule is CC(=O)C[C@@H]1C=CC[C@H](NC(=O)Cc2cccs2)B(O)O1. The van der Waals surface area contributed by atoms with Crippen molar-refractivity contribution in [3.05, 3.63) is 34.5 Å². The third-order valence-electron chi connectivity index (χ3n) is 3.15. The van der Waals surface area contributed by atoms with Crippen LogP contribution in [0.1, 0.15) is 24.6 Å². The van der Waals surface area contributed by atoms with Gasteiger partial charge in [-0.15, -0.1) is 11.3 Å². The predicted octanol–water partition coefficient (Wildman–Crippen LogP) is 1.12. The summed E-state index contributed by atoms with van der Waals surface area (Å²) in [5.41, 5.74) is 0. The highest BCUT2D eigenvalue weighted by Gasteiger charge is 2.32. The molecule has 0 unspecified atom stereocenters. The van der Waals surface area contributed by atoms with Crippen molar-refractivity contribution >= 4 is 30.1 Å². The van der Waals surface area contributed by atoms with Crippen LogP contribution in [0.3, 0.4) is 0 Å². The summed E-state index contributed by atoms with van der Waals surface area (Å²) in [4.78, 5) is 24.0. The molecule has 0 aromatic carbocycles. The van der Waals surface area contributed by atoms with Crippen LogP contribution in [0.2, 0.25) is 0 Å². The lowest BCUT2D eigenvalue weighted by atomic mass is 9.77. The van der Waals surface area contributed by atoms with E-state index in [9.17, 15) is 14.6 Å². The third-order valence-corrected chi connectivity index (χ3v) is 4.03. The van der Waals surface area contributed by atoms with Gasteiger partial charge in [0.2, 0.25) is 5.91 Å². The van der Waals surface area contributed by atoms with Crippen LogP contribution in [0, 0.1) is 0 Å². The number of thiophene rings is 1. The van der Waals surface area contributed by atoms with Crippen molar-refractivity contribution in [2.75, 3.05) is 0 Å². The molecule has 1 aromatic heterocycles. The van der Waals surface area contributed by atoms with Gasteiger partial charge in [0.25, 0.3) is 0 Å². The normalized spacial score (nSPS) is 21.9. The molecule has 7 heteroatoms. The second-order valence-corrected chi connectivity index (χ2v) is 6.10. The Hall–Kier alpha value is -1.44. The first-order valence-electron chi connectivity index (χ1n) is 6.86. The summed E-state index contributed by atoms with van der Waals surface area (Å²) in [6, 6.07) is 3.79. The van der Waals surface area contributed by atoms with Crippen molar-refractivity contribution in [2.24, 2.45) is 0 Å². The number of carbonyl (C=O) groups is 2. The van der Waals surface area contributed by atoms with Crippen LogP contribution < -0.4 is 5.32 Å². The van der Waals surface area contributed by atoms with Gasteiger partial charge in [0.15, 0.2) is 0 Å². The maximum absolute atomic E-state index is 11.9. The summed E-state index contributed by atoms with van der Waals surface area (Å²) >= 11 is 1.52. The zero-order valence-corrected chi connectivity index (χ0v) is 12.6. The maximum Gasteiger partial charge on any atom is 0.478 e. The molecule has 21 heavy (non-hydrogen) atoms. The van der Waals surface area contributed by atoms with E-state index in [-0.39, 0.29) is 18.1 Å². The van der Waals surface area contributed by atoms with Gasteiger partial charge in [-0.05, 0) is 24.8 Å². The van der Waals surface area contributed by atoms with E-state index in [1.165, 1.54) is 18.3 Å². The minimum Gasteiger partial charge on any atom is -0.426 e. The summed E-state index contributed by atoms with van der Waals surface area (Å²) < 4.78 is 5.41. The first-order chi connectivity index (χ1) is 10.0. The van der Waals surface area contributed by atoms with Crippen molar-refractivity contribution in [2.45, 2.75) is 38.2 Å². The third kappa shape index (κ3) is 5.11. The van der Waals surface area contributed by atoms with Gasteiger partial charge in [0.1, 0.15) is 5.78 Å². The Kier molecular flexibility index (Phi) is 5.72. The zero-order valence-electron chi connectivity index (χ0n) is 11.8. The van der Waals surface area contributed by atoms with Crippen LogP contribution in [0.5, 0.6) is 0 Å². The van der Waals surface area contributed by atoms with Gasteiger partial charge in [-0.3, -0.25) is 9.59 Å². The van der Waals surface area contributed by atoms with Crippen molar-refractivity contribution < 1.29 is 19.3 Å². The Labute approximate surface area is 128 Å². The van der Waals surface area contributed by atoms with E-state index in [1.54, 1.807) is 6.08 Å². The first-order valence-corrected chi connectivity index (χ1v) is 7.74. The van der Waals surface area contributed by atoms with E-state index in [2.05, 4.69) is 5.32 Å². The molecule has 2 rings (SSSR count). The second kappa shape index (κ2) is 7.54. The van der Waals surface area contributed by atoms with E-state index >= 15 is 0 Å². The van der Waals surface area contributed by atoms with E-state index in [1.807, 2.05) is 23.6 Å². The van der Waals surface area contributed by atoms with Gasteiger partial charge in [-0.25, -0.2) is 0 Å². The lowest BCUT2D eigenvalue weighted by Crippen LogP contribution is -2.48. The number of Topliss-reactive ketones (excluding diaryl/α,β-unsaturated/α-hetero) is 1. The Morgan fingerprint density at radius 2 is 2.38 bits per heavy atom. The molecule has 1 aromatic rings. The number of carbonyl (C=O) groups excluding carboxylic acids is 2. The first kappa shape index (κ1) is 15.9. The van der Waals surface area contributed by atoms with Crippen LogP contribution in [0.4, 0.5) is 0 Å². The maximum atomic E-state index is 11.9. The minimum absolute atomic E-state index is 0.00275. The van der Waals surface area contributed by atoms with E-state index in [0.717, 1.165) is 4.88 Å². The molecule has 5 nitrogen and oxygen atoms in total. The molecular formula is C14H18BNO4S. The molecule has 0 saturated carbocycles. The highest BCUT2D eigenvalue weighted by atomic mass is 32.1. The lowest BCUT2D eigenvalue weighted by Gasteiger charge is -2.20. The molecule has 0 saturated heterocycles. The van der Waals surface area contributed by atoms with Gasteiger partial charge >= 0.3 is 7.12 Å². The number of amides is 1. The zero-order chi connectivity index (χ0) is 15.2. The van der Waals surface area contributed by atoms with Gasteiger partial charge in [-0.2, -0.15) is 0 Å². The fraction of sp³-hybridized carbons (Fsp3) is 0.429. The molecule has 2 atom stereocenters. The number of rotatable bonds is 5. The second-order valence-electron chi connectivity index (χ2n) is 5.07. The molecule has 112 valence electrons. The number of ketones is 1. The molecule has 0 aliphatic carbocycles. The minimum atomic E-state index is -1.11. The standard InChI is InChI=1S/C14H18BNO4S/c1-10(17)8-11-4-2-6-13(15(19)20-11)16-14(18)9-12-5-3-7-21-12/h2-5,7,11,13,19H,6,8-9H2,1H3,(H,16,18)/t11-,13-/m0/s1. The molecular weight excluding hydrogens is 289 g/mol. The summed E-state index contributed by atoms with van der Waals surface area (Å²) in [5, 5.41) is 14.7. The van der Waals surface area contributed by atoms with Crippen molar-refractivity contribution in [1.29, 1.82) is 0 Å². The summed E-state index contributed by atoms with van der Waals surface area (Å²) in [5.74, 6) is -0.647. The average Bonchev–Trinajstić information content (AvgIpc) is 2.83. The van der Waals surface area contributed by atoms with Gasteiger partial charge < -0.3 is 15.0 Å². The van der Waals surface area contributed by atoms with E-state index in [4.69, 9.17) is 4.65 Å². The average molecular weight is 307 g/mol. The highest BCUT2D eigenvalue weighted by molar-refractivity contribution is 7.10. The van der Waals surface area contributed by atoms with Crippen LogP contribution in [0.15, 0.2) is 29.7 Å². The van der Waals surface area contributed by atoms with Crippen molar-refractivity contribution in [3.8, 4) is 0 Å². The van der Waals surface area contributed by atoms with E-state index < -0.39 is 19.2 Å².